The number of Topliss-reactive ketones (excluding diaryl/α,β-unsaturated/α-hetero) is 1. The zero-order valence-corrected chi connectivity index (χ0v) is 11.3. The Kier molecular flexibility index (Phi) is 2.83. The minimum absolute atomic E-state index is 0.294. The normalized spacial score (nSPS) is 13.6. The predicted octanol–water partition coefficient (Wildman–Crippen LogP) is 2.92. The van der Waals surface area contributed by atoms with Crippen LogP contribution >= 0.6 is 23.4 Å². The standard InChI is InChI=1S/C12H7ClN2O3S/c1-5-4-18-12(14-5)19-9-3-8-6(2-7(9)13)10(16)11(17)15-8/h2-4H,1H3,(H,15,16,17). The Balaban J connectivity index is 1.98. The molecule has 1 amide bonds. The smallest absolute Gasteiger partial charge is 0.296 e. The molecule has 1 aliphatic rings. The van der Waals surface area contributed by atoms with Gasteiger partial charge in [0.2, 0.25) is 0 Å². The van der Waals surface area contributed by atoms with Crippen molar-refractivity contribution in [3.05, 3.63) is 34.7 Å². The van der Waals surface area contributed by atoms with Crippen molar-refractivity contribution >= 4 is 40.7 Å². The molecule has 19 heavy (non-hydrogen) atoms. The van der Waals surface area contributed by atoms with Gasteiger partial charge in [0.25, 0.3) is 16.9 Å². The first-order valence-electron chi connectivity index (χ1n) is 5.34. The molecule has 7 heteroatoms. The lowest BCUT2D eigenvalue weighted by Gasteiger charge is -2.04. The summed E-state index contributed by atoms with van der Waals surface area (Å²) in [5.41, 5.74) is 1.52. The lowest BCUT2D eigenvalue weighted by atomic mass is 10.1. The third-order valence-corrected chi connectivity index (χ3v) is 3.91. The van der Waals surface area contributed by atoms with E-state index in [1.54, 1.807) is 6.07 Å². The van der Waals surface area contributed by atoms with Crippen LogP contribution < -0.4 is 5.32 Å². The summed E-state index contributed by atoms with van der Waals surface area (Å²) in [6, 6.07) is 3.12. The van der Waals surface area contributed by atoms with Gasteiger partial charge >= 0.3 is 0 Å². The minimum atomic E-state index is -0.639. The lowest BCUT2D eigenvalue weighted by Crippen LogP contribution is -2.12. The van der Waals surface area contributed by atoms with Crippen molar-refractivity contribution in [1.29, 1.82) is 0 Å². The molecule has 5 nitrogen and oxygen atoms in total. The number of anilines is 1. The van der Waals surface area contributed by atoms with E-state index in [2.05, 4.69) is 10.3 Å². The molecule has 0 bridgehead atoms. The number of hydrogen-bond acceptors (Lipinski definition) is 5. The Labute approximate surface area is 117 Å². The van der Waals surface area contributed by atoms with Crippen LogP contribution in [0.1, 0.15) is 16.1 Å². The SMILES string of the molecule is Cc1coc(Sc2cc3c(cc2Cl)C(=O)C(=O)N3)n1. The van der Waals surface area contributed by atoms with Crippen LogP contribution in [-0.2, 0) is 4.79 Å². The van der Waals surface area contributed by atoms with E-state index in [1.807, 2.05) is 6.92 Å². The summed E-state index contributed by atoms with van der Waals surface area (Å²) >= 11 is 7.33. The van der Waals surface area contributed by atoms with Crippen LogP contribution in [-0.4, -0.2) is 16.7 Å². The molecule has 1 aliphatic heterocycles. The second-order valence-corrected chi connectivity index (χ2v) is 5.37. The zero-order chi connectivity index (χ0) is 13.6. The highest BCUT2D eigenvalue weighted by Crippen LogP contribution is 2.38. The van der Waals surface area contributed by atoms with Gasteiger partial charge in [-0.15, -0.1) is 0 Å². The Bertz CT molecular complexity index is 711. The van der Waals surface area contributed by atoms with Gasteiger partial charge in [0.15, 0.2) is 0 Å². The van der Waals surface area contributed by atoms with E-state index in [-0.39, 0.29) is 0 Å². The second-order valence-electron chi connectivity index (χ2n) is 3.97. The number of rotatable bonds is 2. The highest BCUT2D eigenvalue weighted by Gasteiger charge is 2.29. The average molecular weight is 295 g/mol. The van der Waals surface area contributed by atoms with Gasteiger partial charge in [-0.25, -0.2) is 4.98 Å². The Morgan fingerprint density at radius 1 is 1.37 bits per heavy atom. The largest absolute Gasteiger partial charge is 0.439 e. The molecule has 0 aliphatic carbocycles. The number of carbonyl (C=O) groups excluding carboxylic acids is 2. The van der Waals surface area contributed by atoms with E-state index < -0.39 is 11.7 Å². The molecule has 0 fully saturated rings. The van der Waals surface area contributed by atoms with Crippen LogP contribution in [0.5, 0.6) is 0 Å². The summed E-state index contributed by atoms with van der Waals surface area (Å²) in [6.07, 6.45) is 1.54. The molecule has 0 saturated heterocycles. The maximum absolute atomic E-state index is 11.5. The van der Waals surface area contributed by atoms with Crippen LogP contribution in [0.15, 0.2) is 32.9 Å². The predicted molar refractivity (Wildman–Crippen MR) is 69.8 cm³/mol. The van der Waals surface area contributed by atoms with Gasteiger partial charge < -0.3 is 9.73 Å². The number of ketones is 1. The number of amides is 1. The molecule has 2 heterocycles. The molecule has 1 aromatic carbocycles. The van der Waals surface area contributed by atoms with Crippen molar-refractivity contribution in [2.45, 2.75) is 17.0 Å². The average Bonchev–Trinajstić information content (AvgIpc) is 2.87. The van der Waals surface area contributed by atoms with Crippen LogP contribution in [0.2, 0.25) is 5.02 Å². The summed E-state index contributed by atoms with van der Waals surface area (Å²) in [5, 5.41) is 3.33. The number of nitrogens with one attached hydrogen (secondary N) is 1. The van der Waals surface area contributed by atoms with E-state index in [9.17, 15) is 9.59 Å². The van der Waals surface area contributed by atoms with E-state index in [0.29, 0.717) is 26.4 Å². The molecule has 1 aromatic heterocycles. The van der Waals surface area contributed by atoms with Crippen LogP contribution in [0.25, 0.3) is 0 Å². The molecule has 0 unspecified atom stereocenters. The molecule has 1 N–H and O–H groups in total. The third-order valence-electron chi connectivity index (χ3n) is 2.57. The van der Waals surface area contributed by atoms with Crippen LogP contribution in [0.4, 0.5) is 5.69 Å². The third kappa shape index (κ3) is 2.13. The van der Waals surface area contributed by atoms with Gasteiger partial charge in [-0.3, -0.25) is 9.59 Å². The summed E-state index contributed by atoms with van der Waals surface area (Å²) in [7, 11) is 0. The van der Waals surface area contributed by atoms with Crippen LogP contribution in [0.3, 0.4) is 0 Å². The van der Waals surface area contributed by atoms with Gasteiger partial charge in [-0.05, 0) is 30.8 Å². The first-order valence-corrected chi connectivity index (χ1v) is 6.53. The molecule has 0 spiro atoms. The summed E-state index contributed by atoms with van der Waals surface area (Å²) in [4.78, 5) is 27.6. The van der Waals surface area contributed by atoms with Gasteiger partial charge in [-0.1, -0.05) is 11.6 Å². The number of oxazole rings is 1. The number of nitrogens with zero attached hydrogens (tertiary/aromatic N) is 1. The van der Waals surface area contributed by atoms with Gasteiger partial charge in [-0.2, -0.15) is 0 Å². The Hall–Kier alpha value is -1.79. The number of halogens is 1. The lowest BCUT2D eigenvalue weighted by molar-refractivity contribution is -0.112. The molecule has 2 aromatic rings. The molecular weight excluding hydrogens is 288 g/mol. The van der Waals surface area contributed by atoms with Crippen molar-refractivity contribution in [2.75, 3.05) is 5.32 Å². The number of aromatic nitrogens is 1. The second kappa shape index (κ2) is 4.40. The van der Waals surface area contributed by atoms with Gasteiger partial charge in [0.05, 0.1) is 22.0 Å². The molecule has 0 radical (unpaired) electrons. The molecular formula is C12H7ClN2O3S. The quantitative estimate of drug-likeness (QED) is 0.862. The van der Waals surface area contributed by atoms with E-state index in [4.69, 9.17) is 16.0 Å². The van der Waals surface area contributed by atoms with E-state index in [1.165, 1.54) is 24.1 Å². The van der Waals surface area contributed by atoms with Crippen LogP contribution in [0, 0.1) is 6.92 Å². The fraction of sp³-hybridized carbons (Fsp3) is 0.0833. The number of benzene rings is 1. The van der Waals surface area contributed by atoms with E-state index >= 15 is 0 Å². The molecule has 0 atom stereocenters. The first-order chi connectivity index (χ1) is 9.04. The van der Waals surface area contributed by atoms with Crippen molar-refractivity contribution in [2.24, 2.45) is 0 Å². The zero-order valence-electron chi connectivity index (χ0n) is 9.69. The first kappa shape index (κ1) is 12.3. The van der Waals surface area contributed by atoms with Gasteiger partial charge in [0.1, 0.15) is 6.26 Å². The highest BCUT2D eigenvalue weighted by molar-refractivity contribution is 7.99. The van der Waals surface area contributed by atoms with Crippen molar-refractivity contribution in [1.82, 2.24) is 4.98 Å². The van der Waals surface area contributed by atoms with Crippen molar-refractivity contribution in [3.8, 4) is 0 Å². The van der Waals surface area contributed by atoms with Gasteiger partial charge in [0, 0.05) is 4.90 Å². The van der Waals surface area contributed by atoms with Crippen molar-refractivity contribution in [3.63, 3.8) is 0 Å². The summed E-state index contributed by atoms with van der Waals surface area (Å²) in [5.74, 6) is -1.21. The number of carbonyl (C=O) groups is 2. The number of aryl methyl sites for hydroxylation is 1. The topological polar surface area (TPSA) is 72.2 Å². The maximum atomic E-state index is 11.5. The maximum Gasteiger partial charge on any atom is 0.296 e. The van der Waals surface area contributed by atoms with Crippen molar-refractivity contribution < 1.29 is 14.0 Å². The van der Waals surface area contributed by atoms with E-state index in [0.717, 1.165) is 5.69 Å². The monoisotopic (exact) mass is 294 g/mol. The number of fused-ring (bicyclic) bond motifs is 1. The fourth-order valence-corrected chi connectivity index (χ4v) is 2.78. The Morgan fingerprint density at radius 3 is 2.84 bits per heavy atom. The summed E-state index contributed by atoms with van der Waals surface area (Å²) in [6.45, 7) is 1.82. The highest BCUT2D eigenvalue weighted by atomic mass is 35.5. The molecule has 0 saturated carbocycles. The fourth-order valence-electron chi connectivity index (χ4n) is 1.70. The minimum Gasteiger partial charge on any atom is -0.439 e. The molecule has 3 rings (SSSR count). The number of hydrogen-bond donors (Lipinski definition) is 1. The summed E-state index contributed by atoms with van der Waals surface area (Å²) < 4.78 is 5.22. The Morgan fingerprint density at radius 2 is 2.16 bits per heavy atom. The molecule has 96 valence electrons.